The summed E-state index contributed by atoms with van der Waals surface area (Å²) in [5.41, 5.74) is 3.71. The number of benzene rings is 3. The molecule has 12 heteroatoms. The zero-order chi connectivity index (χ0) is 41.6. The zero-order valence-corrected chi connectivity index (χ0v) is 35.4. The maximum atomic E-state index is 14.0. The number of oxime groups is 1. The molecule has 59 heavy (non-hydrogen) atoms. The standard InChI is InChI=1S/C47H60N2O9S/c1-5-26-55-47-43(49(3)46(52)54-28-27-53-32-33-14-8-7-9-15-33)31-41(48-56-6-2)39-29-34(16-10-12-24-50)38(17-11-13-25-51)44(45(39)47)40-30-36(20-23-42(40)58-47)57-35-18-21-37(59-4)22-19-35/h5,7-9,14-15,18-23,29-30,34,38,43-45,50-51H,1,6,10-13,16-17,24-28,31-32H2,2-4H3/t34-,38+,43-,44+,45+,47+/m0/s1. The first-order valence-corrected chi connectivity index (χ1v) is 22.1. The van der Waals surface area contributed by atoms with Crippen LogP contribution in [0.3, 0.4) is 0 Å². The van der Waals surface area contributed by atoms with Crippen LogP contribution in [-0.4, -0.2) is 91.7 Å². The summed E-state index contributed by atoms with van der Waals surface area (Å²) < 4.78 is 32.3. The number of carbonyl (C=O) groups is 1. The van der Waals surface area contributed by atoms with Crippen LogP contribution < -0.4 is 9.47 Å². The number of thioether (sulfide) groups is 1. The summed E-state index contributed by atoms with van der Waals surface area (Å²) in [6, 6.07) is 23.1. The van der Waals surface area contributed by atoms with Crippen LogP contribution in [0.2, 0.25) is 0 Å². The number of ether oxygens (including phenoxy) is 5. The molecule has 1 saturated carbocycles. The van der Waals surface area contributed by atoms with Gasteiger partial charge in [-0.15, -0.1) is 18.3 Å². The lowest BCUT2D eigenvalue weighted by atomic mass is 9.55. The van der Waals surface area contributed by atoms with E-state index in [1.165, 1.54) is 0 Å². The molecule has 0 unspecified atom stereocenters. The lowest BCUT2D eigenvalue weighted by Gasteiger charge is -2.59. The van der Waals surface area contributed by atoms with E-state index in [1.54, 1.807) is 29.8 Å². The van der Waals surface area contributed by atoms with Gasteiger partial charge in [-0.2, -0.15) is 0 Å². The monoisotopic (exact) mass is 828 g/mol. The number of aliphatic hydroxyl groups is 2. The van der Waals surface area contributed by atoms with Crippen molar-refractivity contribution in [3.05, 3.63) is 108 Å². The molecule has 1 amide bonds. The Labute approximate surface area is 353 Å². The van der Waals surface area contributed by atoms with Crippen LogP contribution in [0.1, 0.15) is 68.9 Å². The molecule has 318 valence electrons. The maximum absolute atomic E-state index is 14.0. The largest absolute Gasteiger partial charge is 0.459 e. The second kappa shape index (κ2) is 21.8. The third-order valence-corrected chi connectivity index (χ3v) is 12.3. The number of amides is 1. The second-order valence-electron chi connectivity index (χ2n) is 15.2. The third-order valence-electron chi connectivity index (χ3n) is 11.6. The van der Waals surface area contributed by atoms with E-state index in [9.17, 15) is 15.0 Å². The highest BCUT2D eigenvalue weighted by atomic mass is 32.2. The van der Waals surface area contributed by atoms with Gasteiger partial charge in [0.05, 0.1) is 31.5 Å². The average molecular weight is 829 g/mol. The van der Waals surface area contributed by atoms with Crippen molar-refractivity contribution in [2.45, 2.75) is 81.1 Å². The Hall–Kier alpha value is -4.33. The molecule has 1 heterocycles. The Morgan fingerprint density at radius 1 is 1.00 bits per heavy atom. The molecule has 1 aliphatic heterocycles. The van der Waals surface area contributed by atoms with E-state index in [0.717, 1.165) is 58.7 Å². The Morgan fingerprint density at radius 2 is 1.75 bits per heavy atom. The molecule has 3 aromatic rings. The normalized spacial score (nSPS) is 23.6. The molecule has 2 aliphatic carbocycles. The molecule has 0 saturated heterocycles. The molecule has 0 radical (unpaired) electrons. The highest BCUT2D eigenvalue weighted by Gasteiger charge is 2.65. The summed E-state index contributed by atoms with van der Waals surface area (Å²) in [5, 5.41) is 24.4. The number of hydrogen-bond acceptors (Lipinski definition) is 11. The van der Waals surface area contributed by atoms with Gasteiger partial charge in [0.25, 0.3) is 0 Å². The van der Waals surface area contributed by atoms with Gasteiger partial charge >= 0.3 is 6.09 Å². The molecular weight excluding hydrogens is 769 g/mol. The quantitative estimate of drug-likeness (QED) is 0.0438. The maximum Gasteiger partial charge on any atom is 0.410 e. The first-order chi connectivity index (χ1) is 28.9. The molecular formula is C47H60N2O9S. The summed E-state index contributed by atoms with van der Waals surface area (Å²) in [6.45, 7) is 7.37. The van der Waals surface area contributed by atoms with Gasteiger partial charge in [-0.1, -0.05) is 60.5 Å². The second-order valence-corrected chi connectivity index (χ2v) is 16.1. The van der Waals surface area contributed by atoms with Gasteiger partial charge in [0, 0.05) is 43.1 Å². The van der Waals surface area contributed by atoms with Crippen LogP contribution in [-0.2, 0) is 25.7 Å². The molecule has 3 aromatic carbocycles. The number of fused-ring (bicyclic) bond motifs is 2. The van der Waals surface area contributed by atoms with Gasteiger partial charge < -0.3 is 43.6 Å². The Bertz CT molecular complexity index is 1870. The SMILES string of the molecule is C=CCO[C@@]12Oc3ccc(Oc4ccc(SC)cc4)cc3[C@H]3[C@H](CCCCO)[C@@H](CCCCO)C=C(C(=NOCC)C[C@@H]1N(C)C(=O)OCCOCc1ccccc1)[C@H]32. The summed E-state index contributed by atoms with van der Waals surface area (Å²) in [6.07, 6.45) is 10.5. The molecule has 2 N–H and O–H groups in total. The number of likely N-dealkylation sites (N-methyl/N-ethyl adjacent to an activating group) is 1. The molecule has 3 aliphatic rings. The molecule has 0 bridgehead atoms. The number of rotatable bonds is 22. The van der Waals surface area contributed by atoms with Crippen molar-refractivity contribution < 1.29 is 43.5 Å². The van der Waals surface area contributed by atoms with Crippen molar-refractivity contribution in [3.8, 4) is 17.2 Å². The molecule has 6 atom stereocenters. The topological polar surface area (TPSA) is 129 Å². The van der Waals surface area contributed by atoms with Gasteiger partial charge in [-0.05, 0) is 104 Å². The molecule has 0 aromatic heterocycles. The van der Waals surface area contributed by atoms with Crippen molar-refractivity contribution in [3.63, 3.8) is 0 Å². The fraction of sp³-hybridized carbons (Fsp3) is 0.489. The van der Waals surface area contributed by atoms with Crippen LogP contribution in [0.5, 0.6) is 17.2 Å². The smallest absolute Gasteiger partial charge is 0.410 e. The van der Waals surface area contributed by atoms with Crippen molar-refractivity contribution in [2.24, 2.45) is 22.9 Å². The molecule has 11 nitrogen and oxygen atoms in total. The lowest BCUT2D eigenvalue weighted by Crippen LogP contribution is -2.69. The number of carbonyl (C=O) groups excluding carboxylic acids is 1. The van der Waals surface area contributed by atoms with E-state index in [2.05, 4.69) is 18.7 Å². The minimum Gasteiger partial charge on any atom is -0.459 e. The van der Waals surface area contributed by atoms with Crippen LogP contribution in [0.25, 0.3) is 0 Å². The minimum atomic E-state index is -1.37. The van der Waals surface area contributed by atoms with E-state index >= 15 is 0 Å². The molecule has 0 spiro atoms. The van der Waals surface area contributed by atoms with Crippen LogP contribution in [0.4, 0.5) is 4.79 Å². The van der Waals surface area contributed by atoms with Crippen molar-refractivity contribution in [2.75, 3.05) is 52.9 Å². The highest BCUT2D eigenvalue weighted by Crippen LogP contribution is 2.62. The van der Waals surface area contributed by atoms with Crippen molar-refractivity contribution in [1.82, 2.24) is 4.90 Å². The first-order valence-electron chi connectivity index (χ1n) is 20.9. The summed E-state index contributed by atoms with van der Waals surface area (Å²) in [5.74, 6) is 0.280. The predicted octanol–water partition coefficient (Wildman–Crippen LogP) is 9.14. The summed E-state index contributed by atoms with van der Waals surface area (Å²) in [7, 11) is 1.72. The number of unbranched alkanes of at least 4 members (excludes halogenated alkanes) is 2. The van der Waals surface area contributed by atoms with Crippen LogP contribution in [0, 0.1) is 17.8 Å². The minimum absolute atomic E-state index is 0.0647. The number of aliphatic hydroxyl groups excluding tert-OH is 2. The lowest BCUT2D eigenvalue weighted by molar-refractivity contribution is -0.253. The summed E-state index contributed by atoms with van der Waals surface area (Å²) in [4.78, 5) is 22.6. The van der Waals surface area contributed by atoms with Gasteiger partial charge in [0.1, 0.15) is 36.5 Å². The van der Waals surface area contributed by atoms with E-state index in [1.807, 2.05) is 79.9 Å². The third kappa shape index (κ3) is 10.5. The molecule has 1 fully saturated rings. The zero-order valence-electron chi connectivity index (χ0n) is 34.6. The van der Waals surface area contributed by atoms with Crippen molar-refractivity contribution in [1.29, 1.82) is 0 Å². The van der Waals surface area contributed by atoms with Gasteiger partial charge in [-0.25, -0.2) is 4.79 Å². The highest BCUT2D eigenvalue weighted by molar-refractivity contribution is 7.98. The van der Waals surface area contributed by atoms with Crippen molar-refractivity contribution >= 4 is 23.6 Å². The van der Waals surface area contributed by atoms with Gasteiger partial charge in [0.2, 0.25) is 5.79 Å². The number of hydrogen-bond donors (Lipinski definition) is 2. The van der Waals surface area contributed by atoms with E-state index in [0.29, 0.717) is 37.6 Å². The predicted molar refractivity (Wildman–Crippen MR) is 230 cm³/mol. The fourth-order valence-corrected chi connectivity index (χ4v) is 9.30. The van der Waals surface area contributed by atoms with Crippen LogP contribution in [0.15, 0.2) is 107 Å². The van der Waals surface area contributed by atoms with Gasteiger partial charge in [-0.3, -0.25) is 0 Å². The van der Waals surface area contributed by atoms with Crippen LogP contribution >= 0.6 is 11.8 Å². The van der Waals surface area contributed by atoms with E-state index in [4.69, 9.17) is 33.7 Å². The Kier molecular flexibility index (Phi) is 16.3. The first kappa shape index (κ1) is 44.2. The van der Waals surface area contributed by atoms with E-state index < -0.39 is 23.8 Å². The number of nitrogens with zero attached hydrogens (tertiary/aromatic N) is 2. The van der Waals surface area contributed by atoms with E-state index in [-0.39, 0.29) is 57.2 Å². The summed E-state index contributed by atoms with van der Waals surface area (Å²) >= 11 is 1.68. The number of allylic oxidation sites excluding steroid dienone is 1. The Balaban J connectivity index is 1.42. The van der Waals surface area contributed by atoms with Gasteiger partial charge in [0.15, 0.2) is 0 Å². The fourth-order valence-electron chi connectivity index (χ4n) is 8.89. The molecule has 6 rings (SSSR count). The average Bonchev–Trinajstić information content (AvgIpc) is 3.26. The Morgan fingerprint density at radius 3 is 2.46 bits per heavy atom.